The maximum Gasteiger partial charge on any atom is 0.137 e. The summed E-state index contributed by atoms with van der Waals surface area (Å²) in [6, 6.07) is 7.18. The third kappa shape index (κ3) is 3.21. The minimum atomic E-state index is -0.717. The van der Waals surface area contributed by atoms with Crippen LogP contribution in [0.2, 0.25) is 0 Å². The van der Waals surface area contributed by atoms with Crippen molar-refractivity contribution in [1.29, 1.82) is 0 Å². The average molecular weight is 412 g/mol. The highest BCUT2D eigenvalue weighted by Crippen LogP contribution is 2.33. The summed E-state index contributed by atoms with van der Waals surface area (Å²) in [4.78, 5) is 4.64. The van der Waals surface area contributed by atoms with Gasteiger partial charge in [-0.05, 0) is 49.2 Å². The molecule has 1 N–H and O–H groups in total. The molecule has 3 aromatic rings. The Labute approximate surface area is 153 Å². The Balaban J connectivity index is 2.29. The van der Waals surface area contributed by atoms with Crippen molar-refractivity contribution in [2.24, 2.45) is 0 Å². The van der Waals surface area contributed by atoms with Crippen LogP contribution in [0.25, 0.3) is 16.9 Å². The molecule has 0 saturated heterocycles. The van der Waals surface area contributed by atoms with Gasteiger partial charge in [-0.3, -0.25) is 0 Å². The molecule has 0 aliphatic rings. The van der Waals surface area contributed by atoms with Gasteiger partial charge in [0.1, 0.15) is 11.5 Å². The van der Waals surface area contributed by atoms with Crippen molar-refractivity contribution in [2.75, 3.05) is 5.88 Å². The van der Waals surface area contributed by atoms with Crippen LogP contribution < -0.4 is 0 Å². The van der Waals surface area contributed by atoms with E-state index in [-0.39, 0.29) is 11.7 Å². The number of nitrogens with zero attached hydrogens (tertiary/aromatic N) is 2. The maximum absolute atomic E-state index is 14.6. The minimum absolute atomic E-state index is 0.111. The summed E-state index contributed by atoms with van der Waals surface area (Å²) >= 11 is 9.08. The van der Waals surface area contributed by atoms with Gasteiger partial charge in [0.05, 0.1) is 17.5 Å². The monoisotopic (exact) mass is 410 g/mol. The highest BCUT2D eigenvalue weighted by molar-refractivity contribution is 9.10. The Kier molecular flexibility index (Phi) is 4.95. The van der Waals surface area contributed by atoms with Gasteiger partial charge in [0.2, 0.25) is 0 Å². The number of aryl methyl sites for hydroxylation is 2. The zero-order chi connectivity index (χ0) is 17.4. The number of aromatic nitrogens is 2. The molecule has 0 radical (unpaired) electrons. The summed E-state index contributed by atoms with van der Waals surface area (Å²) in [6.07, 6.45) is 1.48. The zero-order valence-corrected chi connectivity index (χ0v) is 15.7. The molecule has 2 heterocycles. The Morgan fingerprint density at radius 1 is 1.33 bits per heavy atom. The molecule has 0 saturated carbocycles. The lowest BCUT2D eigenvalue weighted by atomic mass is 10.0. The van der Waals surface area contributed by atoms with E-state index in [4.69, 9.17) is 11.6 Å². The molecular weight excluding hydrogens is 395 g/mol. The third-order valence-electron chi connectivity index (χ3n) is 3.98. The largest absolute Gasteiger partial charge is 0.391 e. The van der Waals surface area contributed by atoms with Crippen molar-refractivity contribution < 1.29 is 9.50 Å². The lowest BCUT2D eigenvalue weighted by Gasteiger charge is -2.11. The van der Waals surface area contributed by atoms with Gasteiger partial charge in [-0.25, -0.2) is 9.37 Å². The SMILES string of the molecule is Cc1ccn2c(CC(O)CCl)c(-c3c(C)cc(Br)cc3F)nc2c1. The first-order valence-electron chi connectivity index (χ1n) is 7.58. The quantitative estimate of drug-likeness (QED) is 0.634. The van der Waals surface area contributed by atoms with Crippen molar-refractivity contribution in [3.05, 3.63) is 57.6 Å². The van der Waals surface area contributed by atoms with E-state index in [9.17, 15) is 9.50 Å². The van der Waals surface area contributed by atoms with Gasteiger partial charge in [-0.1, -0.05) is 15.9 Å². The van der Waals surface area contributed by atoms with Crippen LogP contribution in [0.1, 0.15) is 16.8 Å². The van der Waals surface area contributed by atoms with Crippen molar-refractivity contribution in [3.8, 4) is 11.3 Å². The van der Waals surface area contributed by atoms with Gasteiger partial charge < -0.3 is 9.51 Å². The first-order chi connectivity index (χ1) is 11.4. The number of benzene rings is 1. The summed E-state index contributed by atoms with van der Waals surface area (Å²) in [6.45, 7) is 3.83. The number of halogens is 3. The van der Waals surface area contributed by atoms with Crippen LogP contribution in [0.4, 0.5) is 4.39 Å². The molecule has 0 aliphatic carbocycles. The van der Waals surface area contributed by atoms with Crippen LogP contribution in [0, 0.1) is 19.7 Å². The topological polar surface area (TPSA) is 37.5 Å². The lowest BCUT2D eigenvalue weighted by Crippen LogP contribution is -2.14. The highest BCUT2D eigenvalue weighted by Gasteiger charge is 2.21. The number of pyridine rings is 1. The first-order valence-corrected chi connectivity index (χ1v) is 8.91. The van der Waals surface area contributed by atoms with Crippen LogP contribution >= 0.6 is 27.5 Å². The van der Waals surface area contributed by atoms with E-state index >= 15 is 0 Å². The summed E-state index contributed by atoms with van der Waals surface area (Å²) in [5.74, 6) is -0.232. The summed E-state index contributed by atoms with van der Waals surface area (Å²) in [5.41, 5.74) is 4.33. The van der Waals surface area contributed by atoms with Crippen LogP contribution in [-0.4, -0.2) is 26.5 Å². The van der Waals surface area contributed by atoms with Gasteiger partial charge in [0, 0.05) is 28.5 Å². The number of imidazole rings is 1. The fourth-order valence-corrected chi connectivity index (χ4v) is 3.53. The van der Waals surface area contributed by atoms with Crippen LogP contribution in [-0.2, 0) is 6.42 Å². The number of alkyl halides is 1. The molecule has 0 bridgehead atoms. The van der Waals surface area contributed by atoms with E-state index in [2.05, 4.69) is 20.9 Å². The van der Waals surface area contributed by atoms with Crippen LogP contribution in [0.3, 0.4) is 0 Å². The molecular formula is C18H17BrClFN2O. The number of hydrogen-bond donors (Lipinski definition) is 1. The fraction of sp³-hybridized carbons (Fsp3) is 0.278. The Morgan fingerprint density at radius 3 is 2.75 bits per heavy atom. The second kappa shape index (κ2) is 6.82. The molecule has 1 atom stereocenters. The molecule has 2 aromatic heterocycles. The normalized spacial score (nSPS) is 12.8. The molecule has 24 heavy (non-hydrogen) atoms. The predicted molar refractivity (Wildman–Crippen MR) is 98.2 cm³/mol. The number of hydrogen-bond acceptors (Lipinski definition) is 2. The second-order valence-electron chi connectivity index (χ2n) is 5.93. The van der Waals surface area contributed by atoms with E-state index in [1.807, 2.05) is 42.6 Å². The minimum Gasteiger partial charge on any atom is -0.391 e. The predicted octanol–water partition coefficient (Wildman–Crippen LogP) is 4.66. The second-order valence-corrected chi connectivity index (χ2v) is 7.16. The van der Waals surface area contributed by atoms with E-state index in [1.165, 1.54) is 6.07 Å². The molecule has 1 unspecified atom stereocenters. The highest BCUT2D eigenvalue weighted by atomic mass is 79.9. The van der Waals surface area contributed by atoms with Crippen molar-refractivity contribution in [2.45, 2.75) is 26.4 Å². The van der Waals surface area contributed by atoms with Crippen LogP contribution in [0.5, 0.6) is 0 Å². The Hall–Kier alpha value is -1.43. The molecule has 0 amide bonds. The summed E-state index contributed by atoms with van der Waals surface area (Å²) in [5, 5.41) is 10.0. The average Bonchev–Trinajstić information content (AvgIpc) is 2.83. The lowest BCUT2D eigenvalue weighted by molar-refractivity contribution is 0.197. The zero-order valence-electron chi connectivity index (χ0n) is 13.4. The van der Waals surface area contributed by atoms with E-state index in [0.29, 0.717) is 22.2 Å². The molecule has 0 spiro atoms. The number of rotatable bonds is 4. The molecule has 6 heteroatoms. The molecule has 0 fully saturated rings. The van der Waals surface area contributed by atoms with Gasteiger partial charge in [-0.15, -0.1) is 11.6 Å². The maximum atomic E-state index is 14.6. The fourth-order valence-electron chi connectivity index (χ4n) is 2.87. The molecule has 3 nitrogen and oxygen atoms in total. The summed E-state index contributed by atoms with van der Waals surface area (Å²) < 4.78 is 17.2. The molecule has 0 aliphatic heterocycles. The molecule has 1 aromatic carbocycles. The number of aliphatic hydroxyl groups is 1. The van der Waals surface area contributed by atoms with Crippen molar-refractivity contribution >= 4 is 33.2 Å². The van der Waals surface area contributed by atoms with Gasteiger partial charge >= 0.3 is 0 Å². The van der Waals surface area contributed by atoms with Gasteiger partial charge in [-0.2, -0.15) is 0 Å². The standard InChI is InChI=1S/C18H17BrClFN2O/c1-10-3-4-23-15(8-13(24)9-20)18(22-16(23)5-10)17-11(2)6-12(19)7-14(17)21/h3-7,13,24H,8-9H2,1-2H3. The molecule has 3 rings (SSSR count). The van der Waals surface area contributed by atoms with E-state index in [0.717, 1.165) is 22.5 Å². The Morgan fingerprint density at radius 2 is 2.08 bits per heavy atom. The van der Waals surface area contributed by atoms with Crippen molar-refractivity contribution in [1.82, 2.24) is 9.38 Å². The van der Waals surface area contributed by atoms with E-state index < -0.39 is 6.10 Å². The first kappa shape index (κ1) is 17.4. The Bertz CT molecular complexity index is 886. The van der Waals surface area contributed by atoms with E-state index in [1.54, 1.807) is 0 Å². The third-order valence-corrected chi connectivity index (χ3v) is 4.79. The molecule has 126 valence electrons. The summed E-state index contributed by atoms with van der Waals surface area (Å²) in [7, 11) is 0. The van der Waals surface area contributed by atoms with Gasteiger partial charge in [0.15, 0.2) is 0 Å². The smallest absolute Gasteiger partial charge is 0.137 e. The van der Waals surface area contributed by atoms with Crippen molar-refractivity contribution in [3.63, 3.8) is 0 Å². The van der Waals surface area contributed by atoms with Crippen LogP contribution in [0.15, 0.2) is 34.9 Å². The number of fused-ring (bicyclic) bond motifs is 1. The van der Waals surface area contributed by atoms with Gasteiger partial charge in [0.25, 0.3) is 0 Å². The number of aliphatic hydroxyl groups excluding tert-OH is 1.